The number of hydrogen-bond acceptors (Lipinski definition) is 5. The summed E-state index contributed by atoms with van der Waals surface area (Å²) in [6.45, 7) is 6.52. The van der Waals surface area contributed by atoms with Crippen LogP contribution in [-0.4, -0.2) is 63.7 Å². The van der Waals surface area contributed by atoms with Gasteiger partial charge in [-0.2, -0.15) is 10.2 Å². The monoisotopic (exact) mass is 460 g/mol. The predicted molar refractivity (Wildman–Crippen MR) is 121 cm³/mol. The van der Waals surface area contributed by atoms with Gasteiger partial charge in [-0.05, 0) is 24.3 Å². The molecule has 10 heteroatoms. The van der Waals surface area contributed by atoms with Crippen LogP contribution in [0.15, 0.2) is 43.2 Å². The molecule has 0 spiro atoms. The van der Waals surface area contributed by atoms with E-state index in [4.69, 9.17) is 27.9 Å². The number of aromatic nitrogens is 4. The van der Waals surface area contributed by atoms with Gasteiger partial charge in [0, 0.05) is 50.3 Å². The summed E-state index contributed by atoms with van der Waals surface area (Å²) in [6, 6.07) is 7.48. The first-order valence-electron chi connectivity index (χ1n) is 9.77. The Labute approximate surface area is 190 Å². The van der Waals surface area contributed by atoms with Crippen molar-refractivity contribution in [1.29, 1.82) is 0 Å². The normalized spacial score (nSPS) is 14.0. The van der Waals surface area contributed by atoms with Crippen LogP contribution in [0.1, 0.15) is 5.69 Å². The Morgan fingerprint density at radius 2 is 2.03 bits per heavy atom. The van der Waals surface area contributed by atoms with Crippen LogP contribution in [0.4, 0.5) is 5.69 Å². The number of benzene rings is 1. The minimum absolute atomic E-state index is 0.0254. The average Bonchev–Trinajstić information content (AvgIpc) is 3.42. The number of piperazine rings is 1. The molecule has 1 aliphatic rings. The van der Waals surface area contributed by atoms with Gasteiger partial charge in [0.2, 0.25) is 5.91 Å². The molecule has 4 rings (SSSR count). The molecular formula is C21H22Cl2N6O2. The lowest BCUT2D eigenvalue weighted by molar-refractivity contribution is -0.132. The van der Waals surface area contributed by atoms with E-state index in [1.54, 1.807) is 41.0 Å². The van der Waals surface area contributed by atoms with E-state index in [0.29, 0.717) is 53.5 Å². The van der Waals surface area contributed by atoms with Crippen LogP contribution >= 0.6 is 23.2 Å². The molecule has 2 aromatic heterocycles. The van der Waals surface area contributed by atoms with E-state index in [-0.39, 0.29) is 12.5 Å². The Kier molecular flexibility index (Phi) is 6.20. The van der Waals surface area contributed by atoms with E-state index < -0.39 is 0 Å². The fourth-order valence-corrected chi connectivity index (χ4v) is 4.08. The van der Waals surface area contributed by atoms with Crippen molar-refractivity contribution in [3.05, 3.63) is 59.0 Å². The van der Waals surface area contributed by atoms with Gasteiger partial charge in [0.05, 0.1) is 17.8 Å². The summed E-state index contributed by atoms with van der Waals surface area (Å²) in [6.07, 6.45) is 4.99. The molecule has 1 fully saturated rings. The molecule has 0 saturated carbocycles. The highest BCUT2D eigenvalue weighted by molar-refractivity contribution is 6.33. The van der Waals surface area contributed by atoms with Crippen LogP contribution in [-0.2, 0) is 11.3 Å². The van der Waals surface area contributed by atoms with Gasteiger partial charge < -0.3 is 14.5 Å². The van der Waals surface area contributed by atoms with Crippen LogP contribution in [0.2, 0.25) is 10.0 Å². The zero-order valence-corrected chi connectivity index (χ0v) is 18.6. The van der Waals surface area contributed by atoms with Crippen molar-refractivity contribution >= 4 is 40.9 Å². The largest absolute Gasteiger partial charge is 0.495 e. The van der Waals surface area contributed by atoms with Gasteiger partial charge in [0.15, 0.2) is 5.82 Å². The first kappa shape index (κ1) is 21.3. The fourth-order valence-electron chi connectivity index (χ4n) is 3.58. The van der Waals surface area contributed by atoms with E-state index >= 15 is 0 Å². The minimum Gasteiger partial charge on any atom is -0.495 e. The van der Waals surface area contributed by atoms with E-state index in [2.05, 4.69) is 21.7 Å². The van der Waals surface area contributed by atoms with Crippen molar-refractivity contribution in [2.24, 2.45) is 0 Å². The number of ether oxygens (including phenoxy) is 1. The van der Waals surface area contributed by atoms with Crippen LogP contribution in [0, 0.1) is 0 Å². The minimum atomic E-state index is -0.0254. The number of hydrogen-bond donors (Lipinski definition) is 0. The summed E-state index contributed by atoms with van der Waals surface area (Å²) < 4.78 is 8.44. The number of halogens is 2. The smallest absolute Gasteiger partial charge is 0.244 e. The molecule has 8 nitrogen and oxygen atoms in total. The molecule has 0 aliphatic carbocycles. The second-order valence-electron chi connectivity index (χ2n) is 7.02. The Bertz CT molecular complexity index is 1090. The maximum Gasteiger partial charge on any atom is 0.244 e. The van der Waals surface area contributed by atoms with Crippen LogP contribution in [0.25, 0.3) is 11.9 Å². The number of anilines is 1. The van der Waals surface area contributed by atoms with Crippen molar-refractivity contribution < 1.29 is 9.53 Å². The summed E-state index contributed by atoms with van der Waals surface area (Å²) in [5.74, 6) is 1.08. The molecule has 0 unspecified atom stereocenters. The molecule has 3 heterocycles. The van der Waals surface area contributed by atoms with Crippen LogP contribution in [0.5, 0.6) is 5.75 Å². The van der Waals surface area contributed by atoms with E-state index in [1.807, 2.05) is 23.1 Å². The van der Waals surface area contributed by atoms with Crippen LogP contribution in [0.3, 0.4) is 0 Å². The van der Waals surface area contributed by atoms with Gasteiger partial charge >= 0.3 is 0 Å². The molecule has 0 bridgehead atoms. The molecule has 1 amide bonds. The Balaban J connectivity index is 1.43. The number of nitrogens with zero attached hydrogens (tertiary/aromatic N) is 6. The number of carbonyl (C=O) groups is 1. The summed E-state index contributed by atoms with van der Waals surface area (Å²) in [4.78, 5) is 17.0. The maximum absolute atomic E-state index is 12.9. The van der Waals surface area contributed by atoms with E-state index in [1.165, 1.54) is 0 Å². The second kappa shape index (κ2) is 9.03. The molecule has 31 heavy (non-hydrogen) atoms. The summed E-state index contributed by atoms with van der Waals surface area (Å²) >= 11 is 12.6. The van der Waals surface area contributed by atoms with Gasteiger partial charge in [-0.3, -0.25) is 9.48 Å². The standard InChI is InChI=1S/C21H22Cl2N6O2/c1-3-17-20(23)21(28-8-4-7-24-28)25-29(17)14-19(30)27-11-9-26(10-12-27)15-5-6-16(22)18(13-15)31-2/h3-8,13H,1,9-12,14H2,2H3. The van der Waals surface area contributed by atoms with Crippen molar-refractivity contribution in [2.75, 3.05) is 38.2 Å². The Morgan fingerprint density at radius 3 is 2.68 bits per heavy atom. The third-order valence-corrected chi connectivity index (χ3v) is 5.92. The zero-order chi connectivity index (χ0) is 22.0. The number of carbonyl (C=O) groups excluding carboxylic acids is 1. The first-order valence-corrected chi connectivity index (χ1v) is 10.5. The molecule has 1 saturated heterocycles. The lowest BCUT2D eigenvalue weighted by atomic mass is 10.2. The zero-order valence-electron chi connectivity index (χ0n) is 17.0. The predicted octanol–water partition coefficient (Wildman–Crippen LogP) is 3.38. The highest BCUT2D eigenvalue weighted by Gasteiger charge is 2.24. The van der Waals surface area contributed by atoms with Gasteiger partial charge in [-0.25, -0.2) is 4.68 Å². The van der Waals surface area contributed by atoms with Gasteiger partial charge in [0.1, 0.15) is 17.3 Å². The summed E-state index contributed by atoms with van der Waals surface area (Å²) in [5.41, 5.74) is 1.61. The van der Waals surface area contributed by atoms with Gasteiger partial charge in [-0.1, -0.05) is 29.8 Å². The molecule has 1 aromatic carbocycles. The summed E-state index contributed by atoms with van der Waals surface area (Å²) in [5, 5.41) is 9.63. The quantitative estimate of drug-likeness (QED) is 0.563. The average molecular weight is 461 g/mol. The van der Waals surface area contributed by atoms with Crippen molar-refractivity contribution in [3.8, 4) is 11.6 Å². The lowest BCUT2D eigenvalue weighted by Crippen LogP contribution is -2.49. The molecule has 3 aromatic rings. The molecule has 162 valence electrons. The molecule has 1 aliphatic heterocycles. The van der Waals surface area contributed by atoms with Gasteiger partial charge in [-0.15, -0.1) is 0 Å². The third kappa shape index (κ3) is 4.26. The number of methoxy groups -OCH3 is 1. The summed E-state index contributed by atoms with van der Waals surface area (Å²) in [7, 11) is 1.60. The van der Waals surface area contributed by atoms with Gasteiger partial charge in [0.25, 0.3) is 0 Å². The highest BCUT2D eigenvalue weighted by Crippen LogP contribution is 2.30. The lowest BCUT2D eigenvalue weighted by Gasteiger charge is -2.36. The maximum atomic E-state index is 12.9. The van der Waals surface area contributed by atoms with Crippen molar-refractivity contribution in [3.63, 3.8) is 0 Å². The molecule has 0 N–H and O–H groups in total. The van der Waals surface area contributed by atoms with Crippen molar-refractivity contribution in [1.82, 2.24) is 24.5 Å². The van der Waals surface area contributed by atoms with Crippen LogP contribution < -0.4 is 9.64 Å². The third-order valence-electron chi connectivity index (χ3n) is 5.25. The number of rotatable bonds is 6. The number of amides is 1. The van der Waals surface area contributed by atoms with E-state index in [0.717, 1.165) is 5.69 Å². The van der Waals surface area contributed by atoms with Crippen molar-refractivity contribution in [2.45, 2.75) is 6.54 Å². The SMILES string of the molecule is C=Cc1c(Cl)c(-n2cccn2)nn1CC(=O)N1CCN(c2ccc(Cl)c(OC)c2)CC1. The Morgan fingerprint density at radius 1 is 1.26 bits per heavy atom. The molecular weight excluding hydrogens is 439 g/mol. The topological polar surface area (TPSA) is 68.4 Å². The molecule has 0 radical (unpaired) electrons. The first-order chi connectivity index (χ1) is 15.0. The molecule has 0 atom stereocenters. The fraction of sp³-hybridized carbons (Fsp3) is 0.286. The second-order valence-corrected chi connectivity index (χ2v) is 7.81. The Hall–Kier alpha value is -2.97. The highest BCUT2D eigenvalue weighted by atomic mass is 35.5. The van der Waals surface area contributed by atoms with E-state index in [9.17, 15) is 4.79 Å².